The van der Waals surface area contributed by atoms with Gasteiger partial charge in [0.15, 0.2) is 0 Å². The predicted octanol–water partition coefficient (Wildman–Crippen LogP) is 2.77. The fourth-order valence-corrected chi connectivity index (χ4v) is 5.55. The fraction of sp³-hybridized carbons (Fsp3) is 0.938. The van der Waals surface area contributed by atoms with Gasteiger partial charge < -0.3 is 10.5 Å². The Labute approximate surface area is 126 Å². The summed E-state index contributed by atoms with van der Waals surface area (Å²) in [5.41, 5.74) is 5.97. The molecular formula is C16H27NO2S. The molecule has 0 aromatic rings. The van der Waals surface area contributed by atoms with Crippen LogP contribution in [0.5, 0.6) is 0 Å². The Morgan fingerprint density at radius 1 is 1.25 bits per heavy atom. The second-order valence-corrected chi connectivity index (χ2v) is 8.34. The standard InChI is InChI=1S/C16H27NO2S/c1-15(5-2-3-13(15)17)14(18)12-4-8-19-16(11-12)6-9-20-10-7-16/h12-13H,2-11,17H2,1H3. The molecule has 3 fully saturated rings. The molecule has 2 heterocycles. The van der Waals surface area contributed by atoms with Gasteiger partial charge >= 0.3 is 0 Å². The molecule has 0 aromatic carbocycles. The molecule has 3 aliphatic rings. The van der Waals surface area contributed by atoms with Crippen LogP contribution in [0.4, 0.5) is 0 Å². The van der Waals surface area contributed by atoms with E-state index in [-0.39, 0.29) is 23.0 Å². The van der Waals surface area contributed by atoms with E-state index in [4.69, 9.17) is 10.5 Å². The lowest BCUT2D eigenvalue weighted by atomic mass is 9.70. The molecule has 2 N–H and O–H groups in total. The monoisotopic (exact) mass is 297 g/mol. The van der Waals surface area contributed by atoms with Crippen LogP contribution in [-0.4, -0.2) is 35.5 Å². The quantitative estimate of drug-likeness (QED) is 0.851. The number of carbonyl (C=O) groups is 1. The highest BCUT2D eigenvalue weighted by Gasteiger charge is 2.49. The van der Waals surface area contributed by atoms with Crippen molar-refractivity contribution in [1.29, 1.82) is 0 Å². The molecule has 3 rings (SSSR count). The first kappa shape index (κ1) is 14.9. The molecule has 20 heavy (non-hydrogen) atoms. The molecule has 3 atom stereocenters. The van der Waals surface area contributed by atoms with E-state index in [9.17, 15) is 4.79 Å². The highest BCUT2D eigenvalue weighted by molar-refractivity contribution is 7.99. The van der Waals surface area contributed by atoms with Crippen molar-refractivity contribution in [3.05, 3.63) is 0 Å². The summed E-state index contributed by atoms with van der Waals surface area (Å²) < 4.78 is 6.11. The summed E-state index contributed by atoms with van der Waals surface area (Å²) in [4.78, 5) is 13.0. The van der Waals surface area contributed by atoms with E-state index < -0.39 is 0 Å². The minimum Gasteiger partial charge on any atom is -0.375 e. The largest absolute Gasteiger partial charge is 0.375 e. The lowest BCUT2D eigenvalue weighted by Crippen LogP contribution is -2.50. The third-order valence-electron chi connectivity index (χ3n) is 5.86. The number of rotatable bonds is 2. The van der Waals surface area contributed by atoms with Gasteiger partial charge in [-0.05, 0) is 50.0 Å². The number of hydrogen-bond acceptors (Lipinski definition) is 4. The molecule has 4 heteroatoms. The van der Waals surface area contributed by atoms with Crippen LogP contribution in [0.25, 0.3) is 0 Å². The lowest BCUT2D eigenvalue weighted by Gasteiger charge is -2.44. The van der Waals surface area contributed by atoms with Crippen LogP contribution < -0.4 is 5.73 Å². The van der Waals surface area contributed by atoms with E-state index in [1.165, 1.54) is 11.5 Å². The van der Waals surface area contributed by atoms with Crippen molar-refractivity contribution in [3.63, 3.8) is 0 Å². The van der Waals surface area contributed by atoms with Gasteiger partial charge in [-0.15, -0.1) is 0 Å². The Hall–Kier alpha value is -0.0600. The topological polar surface area (TPSA) is 52.3 Å². The second kappa shape index (κ2) is 5.62. The molecule has 1 saturated carbocycles. The van der Waals surface area contributed by atoms with E-state index >= 15 is 0 Å². The summed E-state index contributed by atoms with van der Waals surface area (Å²) >= 11 is 2.01. The molecule has 1 aliphatic carbocycles. The van der Waals surface area contributed by atoms with Crippen molar-refractivity contribution in [2.75, 3.05) is 18.1 Å². The van der Waals surface area contributed by atoms with Gasteiger partial charge in [0.25, 0.3) is 0 Å². The Morgan fingerprint density at radius 3 is 2.65 bits per heavy atom. The summed E-state index contributed by atoms with van der Waals surface area (Å²) in [6, 6.07) is 0.0655. The molecule has 3 unspecified atom stereocenters. The van der Waals surface area contributed by atoms with Crippen LogP contribution in [0.1, 0.15) is 51.9 Å². The molecule has 3 nitrogen and oxygen atoms in total. The van der Waals surface area contributed by atoms with Crippen molar-refractivity contribution >= 4 is 17.5 Å². The number of thioether (sulfide) groups is 1. The molecule has 1 spiro atoms. The summed E-state index contributed by atoms with van der Waals surface area (Å²) in [5.74, 6) is 2.97. The van der Waals surface area contributed by atoms with Crippen molar-refractivity contribution in [2.24, 2.45) is 17.1 Å². The van der Waals surface area contributed by atoms with Crippen molar-refractivity contribution in [1.82, 2.24) is 0 Å². The van der Waals surface area contributed by atoms with E-state index in [0.717, 1.165) is 51.6 Å². The first-order valence-corrected chi connectivity index (χ1v) is 9.23. The van der Waals surface area contributed by atoms with Gasteiger partial charge in [0.1, 0.15) is 5.78 Å². The van der Waals surface area contributed by atoms with Crippen LogP contribution in [0.3, 0.4) is 0 Å². The molecular weight excluding hydrogens is 270 g/mol. The number of Topliss-reactive ketones (excluding diaryl/α,β-unsaturated/α-hetero) is 1. The zero-order valence-electron chi connectivity index (χ0n) is 12.5. The predicted molar refractivity (Wildman–Crippen MR) is 82.9 cm³/mol. The van der Waals surface area contributed by atoms with Crippen LogP contribution in [0.2, 0.25) is 0 Å². The van der Waals surface area contributed by atoms with E-state index in [1.54, 1.807) is 0 Å². The summed E-state index contributed by atoms with van der Waals surface area (Å²) in [5, 5.41) is 0. The van der Waals surface area contributed by atoms with E-state index in [0.29, 0.717) is 5.78 Å². The number of ketones is 1. The van der Waals surface area contributed by atoms with Crippen LogP contribution >= 0.6 is 11.8 Å². The van der Waals surface area contributed by atoms with Crippen molar-refractivity contribution < 1.29 is 9.53 Å². The maximum absolute atomic E-state index is 13.0. The van der Waals surface area contributed by atoms with Gasteiger partial charge in [0.05, 0.1) is 5.60 Å². The zero-order chi connectivity index (χ0) is 14.2. The average molecular weight is 297 g/mol. The second-order valence-electron chi connectivity index (χ2n) is 7.11. The first-order valence-electron chi connectivity index (χ1n) is 8.07. The van der Waals surface area contributed by atoms with Crippen LogP contribution in [0, 0.1) is 11.3 Å². The van der Waals surface area contributed by atoms with E-state index in [2.05, 4.69) is 6.92 Å². The van der Waals surface area contributed by atoms with Crippen molar-refractivity contribution in [2.45, 2.75) is 63.5 Å². The van der Waals surface area contributed by atoms with Gasteiger partial charge in [0, 0.05) is 24.0 Å². The third-order valence-corrected chi connectivity index (χ3v) is 6.85. The Balaban J connectivity index is 1.72. The maximum atomic E-state index is 13.0. The lowest BCUT2D eigenvalue weighted by molar-refractivity contribution is -0.147. The fourth-order valence-electron chi connectivity index (χ4n) is 4.31. The smallest absolute Gasteiger partial charge is 0.143 e. The molecule has 114 valence electrons. The normalized spacial score (nSPS) is 40.9. The van der Waals surface area contributed by atoms with Gasteiger partial charge in [-0.3, -0.25) is 4.79 Å². The first-order chi connectivity index (χ1) is 9.56. The SMILES string of the molecule is CC1(C(=O)C2CCOC3(CCSCC3)C2)CCCC1N. The number of ether oxygens (including phenoxy) is 1. The maximum Gasteiger partial charge on any atom is 0.143 e. The Morgan fingerprint density at radius 2 is 2.00 bits per heavy atom. The van der Waals surface area contributed by atoms with E-state index in [1.807, 2.05) is 11.8 Å². The highest BCUT2D eigenvalue weighted by atomic mass is 32.2. The molecule has 2 saturated heterocycles. The summed E-state index contributed by atoms with van der Waals surface area (Å²) in [7, 11) is 0. The van der Waals surface area contributed by atoms with Crippen LogP contribution in [-0.2, 0) is 9.53 Å². The van der Waals surface area contributed by atoms with Crippen LogP contribution in [0.15, 0.2) is 0 Å². The Bertz CT molecular complexity index is 375. The molecule has 2 aliphatic heterocycles. The molecule has 0 radical (unpaired) electrons. The zero-order valence-corrected chi connectivity index (χ0v) is 13.3. The van der Waals surface area contributed by atoms with Crippen molar-refractivity contribution in [3.8, 4) is 0 Å². The van der Waals surface area contributed by atoms with Gasteiger partial charge in [-0.1, -0.05) is 13.3 Å². The average Bonchev–Trinajstić information content (AvgIpc) is 2.80. The molecule has 0 aromatic heterocycles. The minimum absolute atomic E-state index is 0.00286. The third kappa shape index (κ3) is 2.55. The molecule has 0 amide bonds. The number of carbonyl (C=O) groups excluding carboxylic acids is 1. The highest BCUT2D eigenvalue weighted by Crippen LogP contribution is 2.45. The number of hydrogen-bond donors (Lipinski definition) is 1. The minimum atomic E-state index is -0.271. The van der Waals surface area contributed by atoms with Gasteiger partial charge in [0.2, 0.25) is 0 Å². The summed E-state index contributed by atoms with van der Waals surface area (Å²) in [6.07, 6.45) is 7.16. The Kier molecular flexibility index (Phi) is 4.17. The van der Waals surface area contributed by atoms with Gasteiger partial charge in [-0.2, -0.15) is 11.8 Å². The number of nitrogens with two attached hydrogens (primary N) is 1. The molecule has 0 bridgehead atoms. The summed E-state index contributed by atoms with van der Waals surface area (Å²) in [6.45, 7) is 2.86. The van der Waals surface area contributed by atoms with Gasteiger partial charge in [-0.25, -0.2) is 0 Å².